The first-order chi connectivity index (χ1) is 9.99. The first-order valence-corrected chi connectivity index (χ1v) is 7.08. The highest BCUT2D eigenvalue weighted by atomic mass is 79.9. The fourth-order valence-corrected chi connectivity index (χ4v) is 1.62. The van der Waals surface area contributed by atoms with Crippen LogP contribution in [-0.4, -0.2) is 30.3 Å². The topological polar surface area (TPSA) is 84.9 Å². The maximum Gasteiger partial charge on any atom is 0.347 e. The Hall–Kier alpha value is -2.02. The second-order valence-corrected chi connectivity index (χ2v) is 4.66. The van der Waals surface area contributed by atoms with Crippen LogP contribution in [0.3, 0.4) is 0 Å². The number of esters is 2. The van der Waals surface area contributed by atoms with E-state index in [-0.39, 0.29) is 24.5 Å². The fourth-order valence-electron chi connectivity index (χ4n) is 1.38. The van der Waals surface area contributed by atoms with Gasteiger partial charge in [-0.2, -0.15) is 0 Å². The predicted octanol–water partition coefficient (Wildman–Crippen LogP) is 2.58. The number of anilines is 1. The van der Waals surface area contributed by atoms with E-state index in [4.69, 9.17) is 9.47 Å². The number of halogens is 1. The zero-order valence-corrected chi connectivity index (χ0v) is 13.3. The number of hydrogen-bond acceptors (Lipinski definition) is 6. The molecule has 0 saturated heterocycles. The summed E-state index contributed by atoms with van der Waals surface area (Å²) in [5, 5.41) is 12.3. The van der Waals surface area contributed by atoms with Crippen LogP contribution in [0.25, 0.3) is 0 Å². The summed E-state index contributed by atoms with van der Waals surface area (Å²) in [5.41, 5.74) is 0.253. The molecule has 0 aliphatic carbocycles. The van der Waals surface area contributed by atoms with Gasteiger partial charge in [0.15, 0.2) is 5.57 Å². The van der Waals surface area contributed by atoms with E-state index in [2.05, 4.69) is 21.2 Å². The number of aromatic hydroxyl groups is 1. The maximum absolute atomic E-state index is 11.7. The molecule has 0 heterocycles. The smallest absolute Gasteiger partial charge is 0.347 e. The number of hydrogen-bond donors (Lipinski definition) is 2. The highest BCUT2D eigenvalue weighted by Crippen LogP contribution is 2.26. The zero-order chi connectivity index (χ0) is 15.8. The molecule has 0 aromatic heterocycles. The summed E-state index contributed by atoms with van der Waals surface area (Å²) in [5.74, 6) is -1.52. The number of benzene rings is 1. The molecule has 1 aromatic carbocycles. The number of carbonyl (C=O) groups is 2. The lowest BCUT2D eigenvalue weighted by Crippen LogP contribution is -2.19. The predicted molar refractivity (Wildman–Crippen MR) is 80.8 cm³/mol. The van der Waals surface area contributed by atoms with Crippen molar-refractivity contribution in [1.82, 2.24) is 0 Å². The Bertz CT molecular complexity index is 536. The van der Waals surface area contributed by atoms with Gasteiger partial charge in [-0.25, -0.2) is 9.59 Å². The Kier molecular flexibility index (Phi) is 6.74. The van der Waals surface area contributed by atoms with Crippen molar-refractivity contribution >= 4 is 33.6 Å². The van der Waals surface area contributed by atoms with E-state index >= 15 is 0 Å². The van der Waals surface area contributed by atoms with Gasteiger partial charge in [0.1, 0.15) is 5.75 Å². The summed E-state index contributed by atoms with van der Waals surface area (Å²) in [6.45, 7) is 3.57. The number of nitrogens with one attached hydrogen (secondary N) is 1. The van der Waals surface area contributed by atoms with Crippen molar-refractivity contribution in [2.45, 2.75) is 13.8 Å². The monoisotopic (exact) mass is 357 g/mol. The van der Waals surface area contributed by atoms with Gasteiger partial charge < -0.3 is 19.9 Å². The first kappa shape index (κ1) is 17.0. The quantitative estimate of drug-likeness (QED) is 0.352. The summed E-state index contributed by atoms with van der Waals surface area (Å²) < 4.78 is 10.1. The van der Waals surface area contributed by atoms with Crippen LogP contribution in [0.1, 0.15) is 13.8 Å². The van der Waals surface area contributed by atoms with Crippen LogP contribution >= 0.6 is 15.9 Å². The van der Waals surface area contributed by atoms with Crippen molar-refractivity contribution in [3.63, 3.8) is 0 Å². The van der Waals surface area contributed by atoms with E-state index in [9.17, 15) is 14.7 Å². The summed E-state index contributed by atoms with van der Waals surface area (Å²) in [7, 11) is 0. The van der Waals surface area contributed by atoms with Crippen molar-refractivity contribution in [1.29, 1.82) is 0 Å². The molecule has 2 N–H and O–H groups in total. The summed E-state index contributed by atoms with van der Waals surface area (Å²) in [4.78, 5) is 23.4. The molecule has 0 atom stereocenters. The number of ether oxygens (including phenoxy) is 2. The van der Waals surface area contributed by atoms with Gasteiger partial charge in [-0.15, -0.1) is 0 Å². The molecule has 0 aliphatic heterocycles. The van der Waals surface area contributed by atoms with Crippen LogP contribution in [0.4, 0.5) is 5.69 Å². The van der Waals surface area contributed by atoms with Crippen molar-refractivity contribution in [3.05, 3.63) is 34.4 Å². The van der Waals surface area contributed by atoms with E-state index in [0.717, 1.165) is 0 Å². The highest BCUT2D eigenvalue weighted by Gasteiger charge is 2.20. The first-order valence-electron chi connectivity index (χ1n) is 6.29. The Balaban J connectivity index is 2.93. The minimum absolute atomic E-state index is 0.0298. The molecule has 0 radical (unpaired) electrons. The lowest BCUT2D eigenvalue weighted by atomic mass is 10.2. The SMILES string of the molecule is CCOC(=O)C(=CNc1ccc(Br)c(O)c1)C(=O)OCC. The van der Waals surface area contributed by atoms with Gasteiger partial charge in [0.2, 0.25) is 0 Å². The van der Waals surface area contributed by atoms with Crippen LogP contribution in [0, 0.1) is 0 Å². The molecule has 0 bridgehead atoms. The second kappa shape index (κ2) is 8.31. The standard InChI is InChI=1S/C14H16BrNO5/c1-3-20-13(18)10(14(19)21-4-2)8-16-9-5-6-11(15)12(17)7-9/h5-8,16-17H,3-4H2,1-2H3. The summed E-state index contributed by atoms with van der Waals surface area (Å²) in [6.07, 6.45) is 1.19. The molecular formula is C14H16BrNO5. The molecule has 0 spiro atoms. The van der Waals surface area contributed by atoms with Gasteiger partial charge in [0.25, 0.3) is 0 Å². The Labute approximate surface area is 130 Å². The molecule has 21 heavy (non-hydrogen) atoms. The van der Waals surface area contributed by atoms with Crippen LogP contribution in [-0.2, 0) is 19.1 Å². The average molecular weight is 358 g/mol. The molecule has 0 amide bonds. The Morgan fingerprint density at radius 3 is 2.29 bits per heavy atom. The van der Waals surface area contributed by atoms with Crippen molar-refractivity contribution in [2.24, 2.45) is 0 Å². The number of rotatable bonds is 6. The van der Waals surface area contributed by atoms with Crippen LogP contribution in [0.15, 0.2) is 34.4 Å². The summed E-state index contributed by atoms with van der Waals surface area (Å²) >= 11 is 3.16. The van der Waals surface area contributed by atoms with Crippen molar-refractivity contribution in [2.75, 3.05) is 18.5 Å². The molecule has 1 aromatic rings. The third-order valence-electron chi connectivity index (χ3n) is 2.32. The van der Waals surface area contributed by atoms with Gasteiger partial charge in [-0.05, 0) is 41.9 Å². The van der Waals surface area contributed by atoms with Gasteiger partial charge in [0, 0.05) is 18.0 Å². The lowest BCUT2D eigenvalue weighted by Gasteiger charge is -2.08. The van der Waals surface area contributed by atoms with E-state index in [0.29, 0.717) is 10.2 Å². The van der Waals surface area contributed by atoms with E-state index < -0.39 is 11.9 Å². The molecule has 0 unspecified atom stereocenters. The number of phenolic OH excluding ortho intramolecular Hbond substituents is 1. The largest absolute Gasteiger partial charge is 0.507 e. The molecule has 0 saturated carbocycles. The van der Waals surface area contributed by atoms with Crippen molar-refractivity contribution in [3.8, 4) is 5.75 Å². The maximum atomic E-state index is 11.7. The molecule has 1 rings (SSSR count). The van der Waals surface area contributed by atoms with Gasteiger partial charge in [-0.3, -0.25) is 0 Å². The third-order valence-corrected chi connectivity index (χ3v) is 2.99. The van der Waals surface area contributed by atoms with Crippen LogP contribution in [0.5, 0.6) is 5.75 Å². The fraction of sp³-hybridized carbons (Fsp3) is 0.286. The molecule has 0 fully saturated rings. The van der Waals surface area contributed by atoms with Crippen molar-refractivity contribution < 1.29 is 24.2 Å². The van der Waals surface area contributed by atoms with Crippen LogP contribution in [0.2, 0.25) is 0 Å². The van der Waals surface area contributed by atoms with Gasteiger partial charge in [-0.1, -0.05) is 0 Å². The van der Waals surface area contributed by atoms with E-state index in [1.54, 1.807) is 26.0 Å². The minimum atomic E-state index is -0.773. The van der Waals surface area contributed by atoms with Gasteiger partial charge >= 0.3 is 11.9 Å². The normalized spacial score (nSPS) is 9.67. The van der Waals surface area contributed by atoms with E-state index in [1.807, 2.05) is 0 Å². The summed E-state index contributed by atoms with van der Waals surface area (Å²) in [6, 6.07) is 4.72. The van der Waals surface area contributed by atoms with Gasteiger partial charge in [0.05, 0.1) is 17.7 Å². The lowest BCUT2D eigenvalue weighted by molar-refractivity contribution is -0.146. The molecule has 114 valence electrons. The molecule has 0 aliphatic rings. The van der Waals surface area contributed by atoms with Crippen LogP contribution < -0.4 is 5.32 Å². The van der Waals surface area contributed by atoms with E-state index in [1.165, 1.54) is 12.3 Å². The highest BCUT2D eigenvalue weighted by molar-refractivity contribution is 9.10. The second-order valence-electron chi connectivity index (χ2n) is 3.81. The molecule has 7 heteroatoms. The number of phenols is 1. The zero-order valence-electron chi connectivity index (χ0n) is 11.7. The minimum Gasteiger partial charge on any atom is -0.507 e. The average Bonchev–Trinajstić information content (AvgIpc) is 2.43. The number of carbonyl (C=O) groups excluding carboxylic acids is 2. The molecular weight excluding hydrogens is 342 g/mol. The Morgan fingerprint density at radius 2 is 1.81 bits per heavy atom. The Morgan fingerprint density at radius 1 is 1.24 bits per heavy atom. The third kappa shape index (κ3) is 5.11. The molecule has 6 nitrogen and oxygen atoms in total.